The third-order valence-electron chi connectivity index (χ3n) is 2.62. The maximum Gasteiger partial charge on any atom is 0.00764 e. The molecule has 0 aromatic rings. The third-order valence-corrected chi connectivity index (χ3v) is 3.14. The number of nitrogens with two attached hydrogens (primary N) is 1. The predicted molar refractivity (Wildman–Crippen MR) is 68.5 cm³/mol. The summed E-state index contributed by atoms with van der Waals surface area (Å²) in [6, 6.07) is 0. The van der Waals surface area contributed by atoms with Crippen molar-refractivity contribution in [2.24, 2.45) is 5.14 Å². The summed E-state index contributed by atoms with van der Waals surface area (Å²) in [6.07, 6.45) is 14.1. The van der Waals surface area contributed by atoms with E-state index in [1.165, 1.54) is 76.2 Å². The molecule has 0 atom stereocenters. The number of hydrogen-bond donors (Lipinski definition) is 1. The monoisotopic (exact) mass is 217 g/mol. The van der Waals surface area contributed by atoms with Gasteiger partial charge in [0.15, 0.2) is 0 Å². The first-order valence-electron chi connectivity index (χ1n) is 6.23. The SMILES string of the molecule is CCCCCCCCCCCCSN. The lowest BCUT2D eigenvalue weighted by Gasteiger charge is -2.01. The maximum absolute atomic E-state index is 5.35. The van der Waals surface area contributed by atoms with E-state index in [0.717, 1.165) is 5.75 Å². The normalized spacial score (nSPS) is 10.7. The van der Waals surface area contributed by atoms with Crippen molar-refractivity contribution >= 4 is 11.9 Å². The number of unbranched alkanes of at least 4 members (excludes halogenated alkanes) is 9. The molecule has 2 N–H and O–H groups in total. The van der Waals surface area contributed by atoms with Gasteiger partial charge in [-0.2, -0.15) is 0 Å². The minimum Gasteiger partial charge on any atom is -0.278 e. The van der Waals surface area contributed by atoms with E-state index in [1.807, 2.05) is 0 Å². The summed E-state index contributed by atoms with van der Waals surface area (Å²) in [4.78, 5) is 0. The number of rotatable bonds is 11. The molecule has 0 saturated heterocycles. The molecule has 14 heavy (non-hydrogen) atoms. The minimum atomic E-state index is 1.14. The molecule has 0 radical (unpaired) electrons. The molecule has 0 aliphatic heterocycles. The van der Waals surface area contributed by atoms with Crippen LogP contribution in [0.2, 0.25) is 0 Å². The topological polar surface area (TPSA) is 26.0 Å². The van der Waals surface area contributed by atoms with Crippen molar-refractivity contribution in [2.75, 3.05) is 5.75 Å². The van der Waals surface area contributed by atoms with Crippen LogP contribution in [0, 0.1) is 0 Å². The average Bonchev–Trinajstić information content (AvgIpc) is 2.21. The molecule has 2 heteroatoms. The van der Waals surface area contributed by atoms with Gasteiger partial charge in [0, 0.05) is 5.75 Å². The molecule has 86 valence electrons. The smallest absolute Gasteiger partial charge is 0.00764 e. The standard InChI is InChI=1S/C12H27NS/c1-2-3-4-5-6-7-8-9-10-11-12-14-13/h2-13H2,1H3. The Labute approximate surface area is 94.4 Å². The highest BCUT2D eigenvalue weighted by atomic mass is 32.2. The predicted octanol–water partition coefficient (Wildman–Crippen LogP) is 4.51. The van der Waals surface area contributed by atoms with Crippen LogP contribution in [0.3, 0.4) is 0 Å². The van der Waals surface area contributed by atoms with Crippen LogP contribution in [0.15, 0.2) is 0 Å². The molecule has 0 heterocycles. The van der Waals surface area contributed by atoms with Gasteiger partial charge < -0.3 is 0 Å². The Morgan fingerprint density at radius 3 is 1.57 bits per heavy atom. The molecule has 0 saturated carbocycles. The van der Waals surface area contributed by atoms with Crippen LogP contribution in [0.1, 0.15) is 71.1 Å². The van der Waals surface area contributed by atoms with E-state index in [9.17, 15) is 0 Å². The molecule has 0 bridgehead atoms. The average molecular weight is 217 g/mol. The molecule has 0 aromatic carbocycles. The van der Waals surface area contributed by atoms with Gasteiger partial charge in [-0.1, -0.05) is 76.7 Å². The summed E-state index contributed by atoms with van der Waals surface area (Å²) in [5.74, 6) is 1.14. The molecular formula is C12H27NS. The Kier molecular flexibility index (Phi) is 13.6. The van der Waals surface area contributed by atoms with Crippen molar-refractivity contribution in [2.45, 2.75) is 71.1 Å². The van der Waals surface area contributed by atoms with E-state index < -0.39 is 0 Å². The zero-order valence-electron chi connectivity index (χ0n) is 9.76. The Bertz CT molecular complexity index is 84.3. The summed E-state index contributed by atoms with van der Waals surface area (Å²) in [5, 5.41) is 5.35. The summed E-state index contributed by atoms with van der Waals surface area (Å²) < 4.78 is 0. The highest BCUT2D eigenvalue weighted by Gasteiger charge is 1.91. The molecule has 0 aliphatic rings. The lowest BCUT2D eigenvalue weighted by molar-refractivity contribution is 0.563. The van der Waals surface area contributed by atoms with Crippen LogP contribution in [-0.2, 0) is 0 Å². The van der Waals surface area contributed by atoms with Gasteiger partial charge in [0.2, 0.25) is 0 Å². The zero-order valence-corrected chi connectivity index (χ0v) is 10.6. The maximum atomic E-state index is 5.35. The second-order valence-corrected chi connectivity index (χ2v) is 4.79. The quantitative estimate of drug-likeness (QED) is 0.407. The Morgan fingerprint density at radius 1 is 0.714 bits per heavy atom. The Morgan fingerprint density at radius 2 is 1.14 bits per heavy atom. The summed E-state index contributed by atoms with van der Waals surface area (Å²) >= 11 is 1.48. The van der Waals surface area contributed by atoms with Crippen molar-refractivity contribution in [3.8, 4) is 0 Å². The molecule has 0 aromatic heterocycles. The zero-order chi connectivity index (χ0) is 10.5. The lowest BCUT2D eigenvalue weighted by Crippen LogP contribution is -1.86. The summed E-state index contributed by atoms with van der Waals surface area (Å²) in [7, 11) is 0. The van der Waals surface area contributed by atoms with E-state index in [0.29, 0.717) is 0 Å². The second kappa shape index (κ2) is 13.3. The Balaban J connectivity index is 2.78. The lowest BCUT2D eigenvalue weighted by atomic mass is 10.1. The van der Waals surface area contributed by atoms with Gasteiger partial charge in [0.25, 0.3) is 0 Å². The second-order valence-electron chi connectivity index (χ2n) is 4.05. The molecule has 0 rings (SSSR count). The summed E-state index contributed by atoms with van der Waals surface area (Å²) in [5.41, 5.74) is 0. The Hall–Kier alpha value is 0.310. The van der Waals surface area contributed by atoms with Crippen LogP contribution in [0.4, 0.5) is 0 Å². The van der Waals surface area contributed by atoms with E-state index in [-0.39, 0.29) is 0 Å². The van der Waals surface area contributed by atoms with Crippen molar-refractivity contribution in [1.82, 2.24) is 0 Å². The largest absolute Gasteiger partial charge is 0.278 e. The van der Waals surface area contributed by atoms with Crippen molar-refractivity contribution in [3.63, 3.8) is 0 Å². The molecule has 1 nitrogen and oxygen atoms in total. The highest BCUT2D eigenvalue weighted by molar-refractivity contribution is 7.97. The molecule has 0 fully saturated rings. The van der Waals surface area contributed by atoms with Crippen LogP contribution in [0.5, 0.6) is 0 Å². The van der Waals surface area contributed by atoms with Crippen LogP contribution >= 0.6 is 11.9 Å². The van der Waals surface area contributed by atoms with Gasteiger partial charge in [-0.3, -0.25) is 5.14 Å². The van der Waals surface area contributed by atoms with Gasteiger partial charge in [0.1, 0.15) is 0 Å². The van der Waals surface area contributed by atoms with E-state index >= 15 is 0 Å². The van der Waals surface area contributed by atoms with Crippen LogP contribution < -0.4 is 5.14 Å². The van der Waals surface area contributed by atoms with Crippen molar-refractivity contribution in [3.05, 3.63) is 0 Å². The third kappa shape index (κ3) is 12.3. The van der Waals surface area contributed by atoms with Crippen molar-refractivity contribution < 1.29 is 0 Å². The van der Waals surface area contributed by atoms with Gasteiger partial charge >= 0.3 is 0 Å². The number of hydrogen-bond acceptors (Lipinski definition) is 2. The molecule has 0 spiro atoms. The summed E-state index contributed by atoms with van der Waals surface area (Å²) in [6.45, 7) is 2.27. The molecular weight excluding hydrogens is 190 g/mol. The molecule has 0 unspecified atom stereocenters. The van der Waals surface area contributed by atoms with Gasteiger partial charge in [0.05, 0.1) is 0 Å². The van der Waals surface area contributed by atoms with E-state index in [1.54, 1.807) is 0 Å². The van der Waals surface area contributed by atoms with Crippen LogP contribution in [-0.4, -0.2) is 5.75 Å². The minimum absolute atomic E-state index is 1.14. The van der Waals surface area contributed by atoms with Gasteiger partial charge in [-0.05, 0) is 6.42 Å². The fraction of sp³-hybridized carbons (Fsp3) is 1.00. The fourth-order valence-corrected chi connectivity index (χ4v) is 2.04. The van der Waals surface area contributed by atoms with Gasteiger partial charge in [-0.15, -0.1) is 0 Å². The van der Waals surface area contributed by atoms with E-state index in [2.05, 4.69) is 6.92 Å². The fourth-order valence-electron chi connectivity index (χ4n) is 1.67. The van der Waals surface area contributed by atoms with E-state index in [4.69, 9.17) is 5.14 Å². The highest BCUT2D eigenvalue weighted by Crippen LogP contribution is 2.10. The first kappa shape index (κ1) is 14.3. The van der Waals surface area contributed by atoms with Crippen LogP contribution in [0.25, 0.3) is 0 Å². The first-order valence-corrected chi connectivity index (χ1v) is 7.28. The molecule has 0 aliphatic carbocycles. The van der Waals surface area contributed by atoms with Crippen molar-refractivity contribution in [1.29, 1.82) is 0 Å². The van der Waals surface area contributed by atoms with Gasteiger partial charge in [-0.25, -0.2) is 0 Å². The molecule has 0 amide bonds. The first-order chi connectivity index (χ1) is 6.91.